The average molecular weight is 370 g/mol. The Balaban J connectivity index is -0.000000346. The van der Waals surface area contributed by atoms with Crippen molar-refractivity contribution in [3.05, 3.63) is 0 Å². The summed E-state index contributed by atoms with van der Waals surface area (Å²) >= 11 is 0. The number of nitrogens with one attached hydrogen (secondary N) is 4. The zero-order chi connectivity index (χ0) is 16.9. The van der Waals surface area contributed by atoms with E-state index in [-0.39, 0.29) is 63.7 Å². The van der Waals surface area contributed by atoms with E-state index in [2.05, 4.69) is 0 Å². The number of hydrogen-bond donors (Lipinski definition) is 8. The van der Waals surface area contributed by atoms with Crippen LogP contribution in [0.1, 0.15) is 12.8 Å². The first-order chi connectivity index (χ1) is 10.4. The molecule has 2 fully saturated rings. The first-order valence-corrected chi connectivity index (χ1v) is 6.43. The Bertz CT molecular complexity index is 394. The molecule has 15 heteroatoms. The summed E-state index contributed by atoms with van der Waals surface area (Å²) < 4.78 is 0. The second-order valence-electron chi connectivity index (χ2n) is 4.93. The number of rotatable bonds is 4. The molecule has 4 atom stereocenters. The predicted molar refractivity (Wildman–Crippen MR) is 83.4 cm³/mol. The number of amides is 4. The van der Waals surface area contributed by atoms with Crippen LogP contribution in [-0.2, 0) is 19.2 Å². The molecule has 2 saturated carbocycles. The summed E-state index contributed by atoms with van der Waals surface area (Å²) in [5.74, 6) is 17.0. The van der Waals surface area contributed by atoms with Gasteiger partial charge in [0.1, 0.15) is 0 Å². The highest BCUT2D eigenvalue weighted by atomic mass is 16.2. The van der Waals surface area contributed by atoms with Crippen molar-refractivity contribution in [3.8, 4) is 0 Å². The molecule has 0 saturated heterocycles. The molecule has 18 N–H and O–H groups in total. The summed E-state index contributed by atoms with van der Waals surface area (Å²) in [6.07, 6.45) is 1.07. The van der Waals surface area contributed by atoms with E-state index in [1.807, 2.05) is 21.7 Å². The van der Waals surface area contributed by atoms with Gasteiger partial charge in [0.25, 0.3) is 0 Å². The number of carbonyl (C=O) groups excluding carboxylic acids is 4. The minimum absolute atomic E-state index is 0. The lowest BCUT2D eigenvalue weighted by molar-refractivity contribution is -0.127. The van der Waals surface area contributed by atoms with Crippen LogP contribution in [0.2, 0.25) is 0 Å². The first kappa shape index (κ1) is 27.4. The fourth-order valence-corrected chi connectivity index (χ4v) is 1.98. The molecule has 0 bridgehead atoms. The standard InChI is InChI=1S/2C5H10N4O2.3H2O/c2*6-8-4(10)2-1-3(2)5(11)9-7;;;/h2*2-3H,1,6-7H2,(H,8,10)(H,9,11);3*1H2. The molecule has 148 valence electrons. The van der Waals surface area contributed by atoms with Gasteiger partial charge < -0.3 is 16.4 Å². The SMILES string of the molecule is NNC(=O)C1CC1C(=O)NN.NNC(=O)C1CC1C(=O)NN.O.O.O. The van der Waals surface area contributed by atoms with Crippen molar-refractivity contribution in [2.24, 2.45) is 47.0 Å². The largest absolute Gasteiger partial charge is 0.412 e. The molecule has 2 rings (SSSR count). The summed E-state index contributed by atoms with van der Waals surface area (Å²) in [5, 5.41) is 0. The van der Waals surface area contributed by atoms with E-state index < -0.39 is 0 Å². The van der Waals surface area contributed by atoms with Crippen LogP contribution >= 0.6 is 0 Å². The molecule has 15 nitrogen and oxygen atoms in total. The van der Waals surface area contributed by atoms with Crippen molar-refractivity contribution in [3.63, 3.8) is 0 Å². The third-order valence-corrected chi connectivity index (χ3v) is 3.50. The Hall–Kier alpha value is -2.40. The van der Waals surface area contributed by atoms with Gasteiger partial charge in [-0.3, -0.25) is 40.9 Å². The number of hydrazine groups is 4. The summed E-state index contributed by atoms with van der Waals surface area (Å²) in [6, 6.07) is 0. The van der Waals surface area contributed by atoms with Crippen LogP contribution in [0.4, 0.5) is 0 Å². The fourth-order valence-electron chi connectivity index (χ4n) is 1.98. The zero-order valence-corrected chi connectivity index (χ0v) is 13.2. The Morgan fingerprint density at radius 2 is 0.680 bits per heavy atom. The summed E-state index contributed by atoms with van der Waals surface area (Å²) in [6.45, 7) is 0. The Kier molecular flexibility index (Phi) is 13.2. The predicted octanol–water partition coefficient (Wildman–Crippen LogP) is -7.27. The molecule has 4 unspecified atom stereocenters. The van der Waals surface area contributed by atoms with Gasteiger partial charge in [0.15, 0.2) is 0 Å². The summed E-state index contributed by atoms with van der Waals surface area (Å²) in [7, 11) is 0. The molecule has 0 aromatic carbocycles. The second kappa shape index (κ2) is 12.0. The van der Waals surface area contributed by atoms with E-state index in [1.54, 1.807) is 0 Å². The van der Waals surface area contributed by atoms with Crippen LogP contribution in [0, 0.1) is 23.7 Å². The maximum absolute atomic E-state index is 10.7. The quantitative estimate of drug-likeness (QED) is 0.133. The molecule has 0 aromatic heterocycles. The van der Waals surface area contributed by atoms with Crippen LogP contribution in [0.15, 0.2) is 0 Å². The molecular weight excluding hydrogens is 344 g/mol. The van der Waals surface area contributed by atoms with Gasteiger partial charge in [-0.1, -0.05) is 0 Å². The third kappa shape index (κ3) is 7.35. The van der Waals surface area contributed by atoms with Crippen molar-refractivity contribution >= 4 is 23.6 Å². The van der Waals surface area contributed by atoms with E-state index in [9.17, 15) is 19.2 Å². The Labute approximate surface area is 142 Å². The molecule has 25 heavy (non-hydrogen) atoms. The van der Waals surface area contributed by atoms with Gasteiger partial charge in [-0.25, -0.2) is 23.4 Å². The molecule has 0 aromatic rings. The summed E-state index contributed by atoms with van der Waals surface area (Å²) in [5.41, 5.74) is 7.90. The molecule has 0 aliphatic heterocycles. The van der Waals surface area contributed by atoms with Gasteiger partial charge in [-0.15, -0.1) is 0 Å². The average Bonchev–Trinajstić information content (AvgIpc) is 3.44. The summed E-state index contributed by atoms with van der Waals surface area (Å²) in [4.78, 5) is 43.0. The van der Waals surface area contributed by atoms with Crippen LogP contribution in [0.5, 0.6) is 0 Å². The lowest BCUT2D eigenvalue weighted by Gasteiger charge is -1.96. The van der Waals surface area contributed by atoms with Crippen LogP contribution < -0.4 is 45.1 Å². The first-order valence-electron chi connectivity index (χ1n) is 6.43. The minimum atomic E-state index is -0.307. The molecule has 0 heterocycles. The van der Waals surface area contributed by atoms with Gasteiger partial charge in [0.2, 0.25) is 23.6 Å². The molecule has 4 amide bonds. The highest BCUT2D eigenvalue weighted by Gasteiger charge is 2.48. The topological polar surface area (TPSA) is 315 Å². The number of carbonyl (C=O) groups is 4. The van der Waals surface area contributed by atoms with Gasteiger partial charge in [-0.2, -0.15) is 0 Å². The van der Waals surface area contributed by atoms with E-state index in [0.29, 0.717) is 12.8 Å². The van der Waals surface area contributed by atoms with Crippen molar-refractivity contribution in [2.75, 3.05) is 0 Å². The maximum atomic E-state index is 10.7. The maximum Gasteiger partial charge on any atom is 0.237 e. The smallest absolute Gasteiger partial charge is 0.237 e. The molecule has 0 radical (unpaired) electrons. The van der Waals surface area contributed by atoms with Crippen molar-refractivity contribution in [1.29, 1.82) is 0 Å². The molecule has 2 aliphatic carbocycles. The second-order valence-corrected chi connectivity index (χ2v) is 4.93. The van der Waals surface area contributed by atoms with Gasteiger partial charge in [0.05, 0.1) is 23.7 Å². The van der Waals surface area contributed by atoms with Crippen molar-refractivity contribution < 1.29 is 35.6 Å². The van der Waals surface area contributed by atoms with E-state index >= 15 is 0 Å². The molecule has 0 spiro atoms. The minimum Gasteiger partial charge on any atom is -0.412 e. The number of hydrogen-bond acceptors (Lipinski definition) is 8. The monoisotopic (exact) mass is 370 g/mol. The van der Waals surface area contributed by atoms with Crippen molar-refractivity contribution in [1.82, 2.24) is 21.7 Å². The van der Waals surface area contributed by atoms with Gasteiger partial charge in [-0.05, 0) is 12.8 Å². The fraction of sp³-hybridized carbons (Fsp3) is 0.600. The van der Waals surface area contributed by atoms with Gasteiger partial charge >= 0.3 is 0 Å². The number of nitrogens with two attached hydrogens (primary N) is 4. The van der Waals surface area contributed by atoms with Crippen LogP contribution in [0.3, 0.4) is 0 Å². The van der Waals surface area contributed by atoms with Crippen molar-refractivity contribution in [2.45, 2.75) is 12.8 Å². The van der Waals surface area contributed by atoms with E-state index in [0.717, 1.165) is 0 Å². The van der Waals surface area contributed by atoms with E-state index in [4.69, 9.17) is 23.4 Å². The zero-order valence-electron chi connectivity index (χ0n) is 13.2. The van der Waals surface area contributed by atoms with Crippen LogP contribution in [0.25, 0.3) is 0 Å². The lowest BCUT2D eigenvalue weighted by atomic mass is 10.3. The Morgan fingerprint density at radius 1 is 0.520 bits per heavy atom. The molecular formula is C10H26N8O7. The normalized spacial score (nSPS) is 24.2. The van der Waals surface area contributed by atoms with E-state index in [1.165, 1.54) is 0 Å². The highest BCUT2D eigenvalue weighted by molar-refractivity contribution is 5.92. The lowest BCUT2D eigenvalue weighted by Crippen LogP contribution is -2.36. The molecule has 2 aliphatic rings. The Morgan fingerprint density at radius 3 is 0.800 bits per heavy atom. The van der Waals surface area contributed by atoms with Crippen LogP contribution in [-0.4, -0.2) is 40.1 Å². The third-order valence-electron chi connectivity index (χ3n) is 3.50. The highest BCUT2D eigenvalue weighted by Crippen LogP contribution is 2.38. The van der Waals surface area contributed by atoms with Gasteiger partial charge in [0, 0.05) is 0 Å².